The van der Waals surface area contributed by atoms with Gasteiger partial charge in [-0.15, -0.1) is 13.2 Å². The summed E-state index contributed by atoms with van der Waals surface area (Å²) in [5.41, 5.74) is 0.389. The van der Waals surface area contributed by atoms with Crippen molar-refractivity contribution in [3.63, 3.8) is 0 Å². The summed E-state index contributed by atoms with van der Waals surface area (Å²) >= 11 is 0. The molecule has 1 heterocycles. The number of benzene rings is 2. The summed E-state index contributed by atoms with van der Waals surface area (Å²) in [6.07, 6.45) is -4.88. The molecule has 7 nitrogen and oxygen atoms in total. The quantitative estimate of drug-likeness (QED) is 0.522. The van der Waals surface area contributed by atoms with Crippen molar-refractivity contribution in [2.24, 2.45) is 0 Å². The van der Waals surface area contributed by atoms with Gasteiger partial charge in [0.2, 0.25) is 0 Å². The SMILES string of the molecule is O=C(NCC(O)c1ccc(OC(F)(F)F)cc1)c1occc1CS(=O)(=O)c1ccccc1. The second-order valence-corrected chi connectivity index (χ2v) is 8.68. The van der Waals surface area contributed by atoms with Crippen LogP contribution < -0.4 is 10.1 Å². The van der Waals surface area contributed by atoms with Gasteiger partial charge in [0.15, 0.2) is 15.6 Å². The topological polar surface area (TPSA) is 106 Å². The Labute approximate surface area is 181 Å². The molecule has 1 aromatic heterocycles. The summed E-state index contributed by atoms with van der Waals surface area (Å²) in [4.78, 5) is 12.5. The third-order valence-electron chi connectivity index (χ3n) is 4.36. The second-order valence-electron chi connectivity index (χ2n) is 6.69. The predicted octanol–water partition coefficient (Wildman–Crippen LogP) is 3.62. The van der Waals surface area contributed by atoms with E-state index in [1.807, 2.05) is 0 Å². The highest BCUT2D eigenvalue weighted by atomic mass is 32.2. The number of carbonyl (C=O) groups is 1. The summed E-state index contributed by atoms with van der Waals surface area (Å²) in [6, 6.07) is 13.6. The molecule has 1 amide bonds. The fraction of sp³-hybridized carbons (Fsp3) is 0.190. The minimum atomic E-state index is -4.83. The summed E-state index contributed by atoms with van der Waals surface area (Å²) in [5, 5.41) is 12.6. The maximum Gasteiger partial charge on any atom is 0.573 e. The molecule has 0 fully saturated rings. The molecule has 0 spiro atoms. The molecule has 3 rings (SSSR count). The summed E-state index contributed by atoms with van der Waals surface area (Å²) in [7, 11) is -3.71. The van der Waals surface area contributed by atoms with Crippen LogP contribution in [0.3, 0.4) is 0 Å². The Morgan fingerprint density at radius 1 is 1.06 bits per heavy atom. The van der Waals surface area contributed by atoms with Crippen LogP contribution in [0.1, 0.15) is 27.8 Å². The molecular formula is C21H18F3NO6S. The van der Waals surface area contributed by atoms with E-state index in [4.69, 9.17) is 4.42 Å². The van der Waals surface area contributed by atoms with Crippen LogP contribution in [0.15, 0.2) is 76.2 Å². The van der Waals surface area contributed by atoms with E-state index in [1.54, 1.807) is 18.2 Å². The second kappa shape index (κ2) is 9.45. The van der Waals surface area contributed by atoms with Crippen molar-refractivity contribution in [3.8, 4) is 5.75 Å². The van der Waals surface area contributed by atoms with Crippen LogP contribution in [-0.4, -0.2) is 32.3 Å². The maximum absolute atomic E-state index is 12.5. The molecule has 0 aliphatic rings. The Morgan fingerprint density at radius 2 is 1.72 bits per heavy atom. The maximum atomic E-state index is 12.5. The zero-order valence-electron chi connectivity index (χ0n) is 16.4. The van der Waals surface area contributed by atoms with Gasteiger partial charge >= 0.3 is 6.36 Å². The number of aliphatic hydroxyl groups is 1. The van der Waals surface area contributed by atoms with E-state index in [9.17, 15) is 31.5 Å². The smallest absolute Gasteiger partial charge is 0.459 e. The zero-order valence-corrected chi connectivity index (χ0v) is 17.2. The van der Waals surface area contributed by atoms with Crippen LogP contribution in [0.4, 0.5) is 13.2 Å². The number of alkyl halides is 3. The van der Waals surface area contributed by atoms with E-state index in [0.29, 0.717) is 0 Å². The van der Waals surface area contributed by atoms with Crippen LogP contribution in [0.5, 0.6) is 5.75 Å². The van der Waals surface area contributed by atoms with Gasteiger partial charge in [0.25, 0.3) is 5.91 Å². The molecule has 1 atom stereocenters. The lowest BCUT2D eigenvalue weighted by molar-refractivity contribution is -0.274. The third kappa shape index (κ3) is 6.11. The Bertz CT molecular complexity index is 1160. The number of furan rings is 1. The molecule has 170 valence electrons. The molecule has 0 saturated carbocycles. The Kier molecular flexibility index (Phi) is 6.90. The fourth-order valence-electron chi connectivity index (χ4n) is 2.84. The number of amides is 1. The molecule has 0 radical (unpaired) electrons. The molecular weight excluding hydrogens is 451 g/mol. The van der Waals surface area contributed by atoms with Crippen molar-refractivity contribution >= 4 is 15.7 Å². The Morgan fingerprint density at radius 3 is 2.34 bits per heavy atom. The highest BCUT2D eigenvalue weighted by Crippen LogP contribution is 2.24. The van der Waals surface area contributed by atoms with Crippen LogP contribution in [0.2, 0.25) is 0 Å². The fourth-order valence-corrected chi connectivity index (χ4v) is 4.22. The van der Waals surface area contributed by atoms with E-state index in [1.165, 1.54) is 36.6 Å². The first-order valence-corrected chi connectivity index (χ1v) is 10.9. The molecule has 0 bridgehead atoms. The number of hydrogen-bond donors (Lipinski definition) is 2. The summed E-state index contributed by atoms with van der Waals surface area (Å²) < 4.78 is 70.6. The van der Waals surface area contributed by atoms with Crippen LogP contribution in [0, 0.1) is 0 Å². The lowest BCUT2D eigenvalue weighted by Gasteiger charge is -2.14. The van der Waals surface area contributed by atoms with Gasteiger partial charge in [-0.1, -0.05) is 30.3 Å². The molecule has 1 unspecified atom stereocenters. The van der Waals surface area contributed by atoms with Gasteiger partial charge in [-0.25, -0.2) is 8.42 Å². The number of nitrogens with one attached hydrogen (secondary N) is 1. The normalized spacial score (nSPS) is 12.9. The van der Waals surface area contributed by atoms with Gasteiger partial charge in [0.1, 0.15) is 5.75 Å². The minimum absolute atomic E-state index is 0.0981. The first-order valence-electron chi connectivity index (χ1n) is 9.21. The van der Waals surface area contributed by atoms with Crippen molar-refractivity contribution in [1.29, 1.82) is 0 Å². The van der Waals surface area contributed by atoms with Gasteiger partial charge < -0.3 is 19.6 Å². The van der Waals surface area contributed by atoms with Crippen molar-refractivity contribution < 1.29 is 40.6 Å². The van der Waals surface area contributed by atoms with Crippen LogP contribution in [0.25, 0.3) is 0 Å². The molecule has 2 aromatic carbocycles. The number of halogens is 3. The molecule has 0 aliphatic carbocycles. The molecule has 0 saturated heterocycles. The Balaban J connectivity index is 1.62. The van der Waals surface area contributed by atoms with Gasteiger partial charge in [-0.2, -0.15) is 0 Å². The summed E-state index contributed by atoms with van der Waals surface area (Å²) in [6.45, 7) is -0.288. The zero-order chi connectivity index (χ0) is 23.4. The largest absolute Gasteiger partial charge is 0.573 e. The van der Waals surface area contributed by atoms with E-state index < -0.39 is 39.7 Å². The van der Waals surface area contributed by atoms with E-state index in [-0.39, 0.29) is 28.3 Å². The Hall–Kier alpha value is -3.31. The summed E-state index contributed by atoms with van der Waals surface area (Å²) in [5.74, 6) is -1.87. The van der Waals surface area contributed by atoms with E-state index in [0.717, 1.165) is 12.1 Å². The van der Waals surface area contributed by atoms with Gasteiger partial charge in [-0.05, 0) is 35.9 Å². The van der Waals surface area contributed by atoms with Gasteiger partial charge in [0.05, 0.1) is 23.0 Å². The van der Waals surface area contributed by atoms with Crippen molar-refractivity contribution in [3.05, 3.63) is 83.8 Å². The van der Waals surface area contributed by atoms with Gasteiger partial charge in [0, 0.05) is 12.1 Å². The van der Waals surface area contributed by atoms with E-state index in [2.05, 4.69) is 10.1 Å². The molecule has 3 aromatic rings. The van der Waals surface area contributed by atoms with Crippen molar-refractivity contribution in [2.75, 3.05) is 6.54 Å². The predicted molar refractivity (Wildman–Crippen MR) is 106 cm³/mol. The monoisotopic (exact) mass is 469 g/mol. The third-order valence-corrected chi connectivity index (χ3v) is 6.04. The molecule has 2 N–H and O–H groups in total. The first-order chi connectivity index (χ1) is 15.0. The highest BCUT2D eigenvalue weighted by Gasteiger charge is 2.31. The number of aliphatic hydroxyl groups excluding tert-OH is 1. The van der Waals surface area contributed by atoms with Crippen molar-refractivity contribution in [1.82, 2.24) is 5.32 Å². The van der Waals surface area contributed by atoms with Crippen LogP contribution >= 0.6 is 0 Å². The number of carbonyl (C=O) groups excluding carboxylic acids is 1. The lowest BCUT2D eigenvalue weighted by atomic mass is 10.1. The van der Waals surface area contributed by atoms with Crippen LogP contribution in [-0.2, 0) is 15.6 Å². The number of rotatable bonds is 8. The number of sulfone groups is 1. The van der Waals surface area contributed by atoms with Crippen molar-refractivity contribution in [2.45, 2.75) is 23.1 Å². The molecule has 11 heteroatoms. The molecule has 0 aliphatic heterocycles. The first kappa shape index (κ1) is 23.4. The molecule has 32 heavy (non-hydrogen) atoms. The number of hydrogen-bond acceptors (Lipinski definition) is 6. The average Bonchev–Trinajstić information content (AvgIpc) is 3.19. The number of ether oxygens (including phenoxy) is 1. The minimum Gasteiger partial charge on any atom is -0.459 e. The van der Waals surface area contributed by atoms with Gasteiger partial charge in [-0.3, -0.25) is 4.79 Å². The van der Waals surface area contributed by atoms with E-state index >= 15 is 0 Å². The highest BCUT2D eigenvalue weighted by molar-refractivity contribution is 7.90. The lowest BCUT2D eigenvalue weighted by Crippen LogP contribution is -2.29. The standard InChI is InChI=1S/C21H18F3NO6S/c22-21(23,24)31-16-8-6-14(7-9-16)18(26)12-25-20(27)19-15(10-11-30-19)13-32(28,29)17-4-2-1-3-5-17/h1-11,18,26H,12-13H2,(H,25,27). The average molecular weight is 469 g/mol.